The highest BCUT2D eigenvalue weighted by atomic mass is 19.1. The van der Waals surface area contributed by atoms with Gasteiger partial charge >= 0.3 is 0 Å². The van der Waals surface area contributed by atoms with Gasteiger partial charge in [0.2, 0.25) is 0 Å². The number of β-amino-alcohol motifs (C(OH)–C–C–N with tert-alkyl or cyclic N) is 1. The van der Waals surface area contributed by atoms with E-state index in [1.807, 2.05) is 0 Å². The number of nitrogen functional groups attached to an aromatic ring is 1. The Balaban J connectivity index is 1.98. The number of morpholine rings is 1. The van der Waals surface area contributed by atoms with Gasteiger partial charge in [0.05, 0.1) is 25.0 Å². The molecule has 4 nitrogen and oxygen atoms in total. The maximum absolute atomic E-state index is 13.0. The second kappa shape index (κ2) is 5.44. The van der Waals surface area contributed by atoms with Gasteiger partial charge in [-0.1, -0.05) is 6.07 Å². The van der Waals surface area contributed by atoms with E-state index < -0.39 is 11.9 Å². The minimum Gasteiger partial charge on any atom is -0.396 e. The first-order chi connectivity index (χ1) is 8.16. The molecule has 2 rings (SSSR count). The number of hydrogen-bond donors (Lipinski definition) is 2. The highest BCUT2D eigenvalue weighted by Crippen LogP contribution is 2.19. The number of anilines is 1. The van der Waals surface area contributed by atoms with E-state index in [1.165, 1.54) is 12.1 Å². The maximum Gasteiger partial charge on any atom is 0.146 e. The molecule has 0 aromatic heterocycles. The SMILES string of the molecule is Nc1cc(C(O)CN2CCOCC2)ccc1F. The van der Waals surface area contributed by atoms with Crippen molar-refractivity contribution in [2.75, 3.05) is 38.6 Å². The Morgan fingerprint density at radius 2 is 2.12 bits per heavy atom. The fourth-order valence-corrected chi connectivity index (χ4v) is 1.90. The Hall–Kier alpha value is -1.17. The molecule has 1 aromatic rings. The molecule has 1 atom stereocenters. The molecule has 94 valence electrons. The summed E-state index contributed by atoms with van der Waals surface area (Å²) >= 11 is 0. The Kier molecular flexibility index (Phi) is 3.93. The third-order valence-corrected chi connectivity index (χ3v) is 2.94. The van der Waals surface area contributed by atoms with Crippen molar-refractivity contribution >= 4 is 5.69 Å². The number of rotatable bonds is 3. The molecule has 1 heterocycles. The molecule has 1 aromatic carbocycles. The van der Waals surface area contributed by atoms with E-state index in [2.05, 4.69) is 4.90 Å². The van der Waals surface area contributed by atoms with Crippen molar-refractivity contribution in [2.24, 2.45) is 0 Å². The molecule has 17 heavy (non-hydrogen) atoms. The zero-order chi connectivity index (χ0) is 12.3. The van der Waals surface area contributed by atoms with Gasteiger partial charge in [0.15, 0.2) is 0 Å². The number of aliphatic hydroxyl groups excluding tert-OH is 1. The number of hydrogen-bond acceptors (Lipinski definition) is 4. The lowest BCUT2D eigenvalue weighted by Gasteiger charge is -2.28. The van der Waals surface area contributed by atoms with Crippen molar-refractivity contribution in [3.05, 3.63) is 29.6 Å². The summed E-state index contributed by atoms with van der Waals surface area (Å²) in [5.74, 6) is -0.452. The van der Waals surface area contributed by atoms with Crippen LogP contribution in [0.1, 0.15) is 11.7 Å². The molecule has 3 N–H and O–H groups in total. The highest BCUT2D eigenvalue weighted by Gasteiger charge is 2.16. The third kappa shape index (κ3) is 3.15. The van der Waals surface area contributed by atoms with Crippen LogP contribution in [0.5, 0.6) is 0 Å². The van der Waals surface area contributed by atoms with Gasteiger partial charge in [-0.15, -0.1) is 0 Å². The lowest BCUT2D eigenvalue weighted by molar-refractivity contribution is 0.0143. The van der Waals surface area contributed by atoms with Crippen molar-refractivity contribution in [3.8, 4) is 0 Å². The average Bonchev–Trinajstić information content (AvgIpc) is 2.34. The van der Waals surface area contributed by atoms with Crippen LogP contribution in [0.3, 0.4) is 0 Å². The molecule has 5 heteroatoms. The van der Waals surface area contributed by atoms with Crippen LogP contribution in [0, 0.1) is 5.82 Å². The standard InChI is InChI=1S/C12H17FN2O2/c13-10-2-1-9(7-11(10)14)12(16)8-15-3-5-17-6-4-15/h1-2,7,12,16H,3-6,8,14H2. The Labute approximate surface area is 99.8 Å². The first kappa shape index (κ1) is 12.3. The summed E-state index contributed by atoms with van der Waals surface area (Å²) in [6.45, 7) is 3.53. The minimum absolute atomic E-state index is 0.0727. The topological polar surface area (TPSA) is 58.7 Å². The smallest absolute Gasteiger partial charge is 0.146 e. The minimum atomic E-state index is -0.643. The van der Waals surface area contributed by atoms with E-state index in [0.29, 0.717) is 25.3 Å². The lowest BCUT2D eigenvalue weighted by Crippen LogP contribution is -2.38. The molecule has 0 amide bonds. The van der Waals surface area contributed by atoms with Gasteiger partial charge in [0, 0.05) is 19.6 Å². The van der Waals surface area contributed by atoms with Crippen LogP contribution in [0.25, 0.3) is 0 Å². The van der Waals surface area contributed by atoms with Crippen LogP contribution in [0.2, 0.25) is 0 Å². The first-order valence-corrected chi connectivity index (χ1v) is 5.70. The normalized spacial score (nSPS) is 19.2. The predicted octanol–water partition coefficient (Wildman–Crippen LogP) is 0.773. The number of benzene rings is 1. The summed E-state index contributed by atoms with van der Waals surface area (Å²) in [6, 6.07) is 4.34. The molecule has 0 bridgehead atoms. The molecule has 1 saturated heterocycles. The van der Waals surface area contributed by atoms with Gasteiger partial charge in [-0.2, -0.15) is 0 Å². The van der Waals surface area contributed by atoms with Gasteiger partial charge in [0.1, 0.15) is 5.82 Å². The van der Waals surface area contributed by atoms with Crippen LogP contribution in [-0.4, -0.2) is 42.9 Å². The lowest BCUT2D eigenvalue weighted by atomic mass is 10.1. The Bertz CT molecular complexity index is 381. The van der Waals surface area contributed by atoms with E-state index in [4.69, 9.17) is 10.5 Å². The van der Waals surface area contributed by atoms with Gasteiger partial charge in [-0.25, -0.2) is 4.39 Å². The first-order valence-electron chi connectivity index (χ1n) is 5.70. The molecule has 1 unspecified atom stereocenters. The predicted molar refractivity (Wildman–Crippen MR) is 63.0 cm³/mol. The number of nitrogens with zero attached hydrogens (tertiary/aromatic N) is 1. The van der Waals surface area contributed by atoms with Crippen molar-refractivity contribution < 1.29 is 14.2 Å². The van der Waals surface area contributed by atoms with Gasteiger partial charge in [-0.3, -0.25) is 4.90 Å². The molecule has 1 aliphatic rings. The summed E-state index contributed by atoms with van der Waals surface area (Å²) < 4.78 is 18.2. The molecule has 1 aliphatic heterocycles. The molecular formula is C12H17FN2O2. The summed E-state index contributed by atoms with van der Waals surface area (Å²) in [5, 5.41) is 10.0. The molecule has 0 saturated carbocycles. The van der Waals surface area contributed by atoms with Gasteiger partial charge < -0.3 is 15.6 Å². The van der Waals surface area contributed by atoms with Gasteiger partial charge in [0.25, 0.3) is 0 Å². The monoisotopic (exact) mass is 240 g/mol. The summed E-state index contributed by atoms with van der Waals surface area (Å²) in [5.41, 5.74) is 6.19. The fraction of sp³-hybridized carbons (Fsp3) is 0.500. The largest absolute Gasteiger partial charge is 0.396 e. The van der Waals surface area contributed by atoms with Crippen molar-refractivity contribution in [1.29, 1.82) is 0 Å². The zero-order valence-corrected chi connectivity index (χ0v) is 9.60. The third-order valence-electron chi connectivity index (χ3n) is 2.94. The molecule has 0 radical (unpaired) electrons. The van der Waals surface area contributed by atoms with E-state index in [9.17, 15) is 9.50 Å². The van der Waals surface area contributed by atoms with E-state index in [-0.39, 0.29) is 5.69 Å². The summed E-state index contributed by atoms with van der Waals surface area (Å²) in [4.78, 5) is 2.12. The number of halogens is 1. The van der Waals surface area contributed by atoms with Crippen molar-refractivity contribution in [3.63, 3.8) is 0 Å². The highest BCUT2D eigenvalue weighted by molar-refractivity contribution is 5.43. The number of nitrogens with two attached hydrogens (primary N) is 1. The second-order valence-corrected chi connectivity index (χ2v) is 4.21. The molecule has 0 aliphatic carbocycles. The maximum atomic E-state index is 13.0. The van der Waals surface area contributed by atoms with Crippen LogP contribution >= 0.6 is 0 Å². The average molecular weight is 240 g/mol. The Morgan fingerprint density at radius 3 is 2.76 bits per heavy atom. The van der Waals surface area contributed by atoms with Crippen molar-refractivity contribution in [1.82, 2.24) is 4.90 Å². The summed E-state index contributed by atoms with van der Waals surface area (Å²) in [7, 11) is 0. The number of aliphatic hydroxyl groups is 1. The number of ether oxygens (including phenoxy) is 1. The van der Waals surface area contributed by atoms with Crippen LogP contribution in [-0.2, 0) is 4.74 Å². The zero-order valence-electron chi connectivity index (χ0n) is 9.60. The second-order valence-electron chi connectivity index (χ2n) is 4.21. The van der Waals surface area contributed by atoms with Crippen molar-refractivity contribution in [2.45, 2.75) is 6.10 Å². The van der Waals surface area contributed by atoms with E-state index in [1.54, 1.807) is 6.07 Å². The fourth-order valence-electron chi connectivity index (χ4n) is 1.90. The quantitative estimate of drug-likeness (QED) is 0.766. The van der Waals surface area contributed by atoms with Gasteiger partial charge in [-0.05, 0) is 17.7 Å². The van der Waals surface area contributed by atoms with Crippen LogP contribution in [0.4, 0.5) is 10.1 Å². The Morgan fingerprint density at radius 1 is 1.41 bits per heavy atom. The van der Waals surface area contributed by atoms with Crippen LogP contribution in [0.15, 0.2) is 18.2 Å². The van der Waals surface area contributed by atoms with Crippen LogP contribution < -0.4 is 5.73 Å². The van der Waals surface area contributed by atoms with E-state index >= 15 is 0 Å². The van der Waals surface area contributed by atoms with E-state index in [0.717, 1.165) is 13.1 Å². The molecule has 0 spiro atoms. The molecule has 1 fully saturated rings. The molecular weight excluding hydrogens is 223 g/mol. The summed E-state index contributed by atoms with van der Waals surface area (Å²) in [6.07, 6.45) is -0.643.